The fourth-order valence-electron chi connectivity index (χ4n) is 0. The van der Waals surface area contributed by atoms with Crippen molar-refractivity contribution >= 4 is 16.5 Å². The molecule has 0 spiro atoms. The zero-order chi connectivity index (χ0) is 15.2. The van der Waals surface area contributed by atoms with Crippen molar-refractivity contribution in [3.8, 4) is 0 Å². The van der Waals surface area contributed by atoms with Gasteiger partial charge in [0.15, 0.2) is 0 Å². The van der Waals surface area contributed by atoms with Crippen LogP contribution >= 0.6 is 16.5 Å². The lowest BCUT2D eigenvalue weighted by atomic mass is 11.3. The van der Waals surface area contributed by atoms with Gasteiger partial charge in [-0.25, -0.2) is 0 Å². The summed E-state index contributed by atoms with van der Waals surface area (Å²) in [5, 5.41) is 0. The standard InChI is InChI=1S/4C2H4.2HO3P/c4*1-2;2*1-4(2)3/h4*1-2H2;2*(H-,1,2,3)/p+2. The molecule has 0 saturated carbocycles. The first kappa shape index (κ1) is 36.3. The molecular formula is C8H20O6P2+2. The van der Waals surface area contributed by atoms with E-state index in [1.165, 1.54) is 0 Å². The number of hydrogen-bond acceptors (Lipinski definition) is 2. The van der Waals surface area contributed by atoms with Crippen LogP contribution in [0.3, 0.4) is 0 Å². The van der Waals surface area contributed by atoms with E-state index in [2.05, 4.69) is 52.6 Å². The van der Waals surface area contributed by atoms with Gasteiger partial charge in [0.05, 0.1) is 0 Å². The van der Waals surface area contributed by atoms with E-state index >= 15 is 0 Å². The van der Waals surface area contributed by atoms with Gasteiger partial charge in [0.2, 0.25) is 0 Å². The molecule has 0 fully saturated rings. The van der Waals surface area contributed by atoms with Gasteiger partial charge in [0.25, 0.3) is 0 Å². The van der Waals surface area contributed by atoms with Gasteiger partial charge in [0, 0.05) is 9.13 Å². The lowest BCUT2D eigenvalue weighted by molar-refractivity contribution is 0.403. The minimum absolute atomic E-state index is 2.87. The van der Waals surface area contributed by atoms with Crippen LogP contribution in [0.15, 0.2) is 52.6 Å². The Morgan fingerprint density at radius 1 is 0.500 bits per heavy atom. The van der Waals surface area contributed by atoms with Crippen molar-refractivity contribution in [1.29, 1.82) is 0 Å². The highest BCUT2D eigenvalue weighted by molar-refractivity contribution is 7.31. The van der Waals surface area contributed by atoms with Gasteiger partial charge in [0.1, 0.15) is 0 Å². The normalized spacial score (nSPS) is 4.25. The molecule has 96 valence electrons. The highest BCUT2D eigenvalue weighted by Gasteiger charge is 1.93. The predicted octanol–water partition coefficient (Wildman–Crippen LogP) is 2.47. The molecule has 0 aliphatic rings. The van der Waals surface area contributed by atoms with Crippen molar-refractivity contribution in [2.24, 2.45) is 0 Å². The highest BCUT2D eigenvalue weighted by Crippen LogP contribution is 1.98. The van der Waals surface area contributed by atoms with Crippen molar-refractivity contribution in [3.05, 3.63) is 52.6 Å². The summed E-state index contributed by atoms with van der Waals surface area (Å²) in [4.78, 5) is 28.5. The third kappa shape index (κ3) is 1870. The van der Waals surface area contributed by atoms with Crippen LogP contribution in [-0.4, -0.2) is 19.6 Å². The average molecular weight is 274 g/mol. The van der Waals surface area contributed by atoms with Crippen LogP contribution < -0.4 is 0 Å². The Balaban J connectivity index is -0.0000000196. The summed E-state index contributed by atoms with van der Waals surface area (Å²) in [6.07, 6.45) is 0. The molecule has 4 N–H and O–H groups in total. The Hall–Kier alpha value is -1.00. The van der Waals surface area contributed by atoms with Crippen LogP contribution in [0.2, 0.25) is 0 Å². The molecule has 16 heavy (non-hydrogen) atoms. The Kier molecular flexibility index (Phi) is 215. The predicted molar refractivity (Wildman–Crippen MR) is 69.1 cm³/mol. The SMILES string of the molecule is C=C.C=C.C=C.C=C.O=[P+](O)O.O=[P+](O)O. The van der Waals surface area contributed by atoms with Gasteiger partial charge >= 0.3 is 16.5 Å². The maximum Gasteiger partial charge on any atom is 0.692 e. The molecule has 0 aromatic carbocycles. The molecule has 0 aliphatic carbocycles. The van der Waals surface area contributed by atoms with E-state index in [0.717, 1.165) is 0 Å². The van der Waals surface area contributed by atoms with Crippen molar-refractivity contribution in [3.63, 3.8) is 0 Å². The molecule has 0 radical (unpaired) electrons. The van der Waals surface area contributed by atoms with Crippen LogP contribution in [0.5, 0.6) is 0 Å². The maximum absolute atomic E-state index is 8.70. The van der Waals surface area contributed by atoms with Crippen molar-refractivity contribution < 1.29 is 28.7 Å². The summed E-state index contributed by atoms with van der Waals surface area (Å²) >= 11 is 0. The topological polar surface area (TPSA) is 115 Å². The molecule has 0 amide bonds. The minimum Gasteiger partial charge on any atom is -0.134 e. The van der Waals surface area contributed by atoms with E-state index in [1.54, 1.807) is 0 Å². The first-order valence-corrected chi connectivity index (χ1v) is 5.50. The maximum atomic E-state index is 8.70. The zero-order valence-electron chi connectivity index (χ0n) is 9.16. The lowest BCUT2D eigenvalue weighted by Gasteiger charge is -1.34. The van der Waals surface area contributed by atoms with E-state index in [9.17, 15) is 0 Å². The molecule has 0 saturated heterocycles. The monoisotopic (exact) mass is 274 g/mol. The zero-order valence-corrected chi connectivity index (χ0v) is 10.9. The summed E-state index contributed by atoms with van der Waals surface area (Å²) in [5.41, 5.74) is 0. The molecule has 0 unspecified atom stereocenters. The quantitative estimate of drug-likeness (QED) is 0.398. The van der Waals surface area contributed by atoms with Crippen LogP contribution in [0.4, 0.5) is 0 Å². The van der Waals surface area contributed by atoms with E-state index in [4.69, 9.17) is 28.7 Å². The molecule has 6 nitrogen and oxygen atoms in total. The van der Waals surface area contributed by atoms with Crippen molar-refractivity contribution in [2.75, 3.05) is 0 Å². The van der Waals surface area contributed by atoms with Crippen LogP contribution in [0.25, 0.3) is 0 Å². The molecule has 0 bridgehead atoms. The summed E-state index contributed by atoms with van der Waals surface area (Å²) < 4.78 is 17.4. The van der Waals surface area contributed by atoms with E-state index in [-0.39, 0.29) is 0 Å². The third-order valence-corrected chi connectivity index (χ3v) is 0. The molecule has 0 heterocycles. The third-order valence-electron chi connectivity index (χ3n) is 0. The van der Waals surface area contributed by atoms with Crippen molar-refractivity contribution in [2.45, 2.75) is 0 Å². The highest BCUT2D eigenvalue weighted by atomic mass is 31.1. The van der Waals surface area contributed by atoms with Gasteiger partial charge < -0.3 is 0 Å². The summed E-state index contributed by atoms with van der Waals surface area (Å²) in [5.74, 6) is 0. The molecule has 8 heteroatoms. The fourth-order valence-corrected chi connectivity index (χ4v) is 0. The Bertz CT molecular complexity index is 114. The Labute approximate surface area is 98.5 Å². The molecule has 0 atom stereocenters. The van der Waals surface area contributed by atoms with Gasteiger partial charge in [-0.15, -0.1) is 72.2 Å². The van der Waals surface area contributed by atoms with E-state index in [1.807, 2.05) is 0 Å². The second-order valence-corrected chi connectivity index (χ2v) is 1.52. The largest absolute Gasteiger partial charge is 0.692 e. The summed E-state index contributed by atoms with van der Waals surface area (Å²) in [6, 6.07) is 0. The number of hydrogen-bond donors (Lipinski definition) is 4. The molecule has 0 aromatic heterocycles. The smallest absolute Gasteiger partial charge is 0.134 e. The summed E-state index contributed by atoms with van der Waals surface area (Å²) in [7, 11) is -5.74. The first-order chi connectivity index (χ1) is 7.46. The van der Waals surface area contributed by atoms with Gasteiger partial charge in [-0.2, -0.15) is 0 Å². The fraction of sp³-hybridized carbons (Fsp3) is 0. The van der Waals surface area contributed by atoms with E-state index in [0.29, 0.717) is 0 Å². The minimum atomic E-state index is -2.87. The van der Waals surface area contributed by atoms with Crippen LogP contribution in [0, 0.1) is 0 Å². The molecule has 0 aromatic rings. The first-order valence-electron chi connectivity index (χ1n) is 3.17. The van der Waals surface area contributed by atoms with Crippen LogP contribution in [-0.2, 0) is 9.13 Å². The Morgan fingerprint density at radius 2 is 0.500 bits per heavy atom. The van der Waals surface area contributed by atoms with E-state index < -0.39 is 16.5 Å². The Morgan fingerprint density at radius 3 is 0.500 bits per heavy atom. The van der Waals surface area contributed by atoms with Gasteiger partial charge in [-0.1, -0.05) is 0 Å². The molecular weight excluding hydrogens is 254 g/mol. The lowest BCUT2D eigenvalue weighted by Crippen LogP contribution is -1.38. The van der Waals surface area contributed by atoms with Gasteiger partial charge in [-0.3, -0.25) is 0 Å². The number of rotatable bonds is 0. The molecule has 0 rings (SSSR count). The average Bonchev–Trinajstić information content (AvgIpc) is 2.27. The second-order valence-electron chi connectivity index (χ2n) is 0.505. The van der Waals surface area contributed by atoms with Crippen molar-refractivity contribution in [1.82, 2.24) is 0 Å². The second kappa shape index (κ2) is 94.6. The van der Waals surface area contributed by atoms with Gasteiger partial charge in [-0.05, 0) is 0 Å². The van der Waals surface area contributed by atoms with Crippen LogP contribution in [0.1, 0.15) is 0 Å². The molecule has 0 aliphatic heterocycles. The summed E-state index contributed by atoms with van der Waals surface area (Å²) in [6.45, 7) is 24.0.